The first-order chi connectivity index (χ1) is 8.50. The SMILES string of the molecule is CCCCCC(CCCC)C(C)(C)C(=O)OCC. The molecule has 0 rings (SSSR count). The van der Waals surface area contributed by atoms with Crippen LogP contribution in [0.3, 0.4) is 0 Å². The third kappa shape index (κ3) is 5.88. The maximum atomic E-state index is 12.1. The van der Waals surface area contributed by atoms with Gasteiger partial charge in [-0.1, -0.05) is 46.0 Å². The summed E-state index contributed by atoms with van der Waals surface area (Å²) in [6.45, 7) is 10.9. The third-order valence-corrected chi connectivity index (χ3v) is 3.88. The Morgan fingerprint density at radius 3 is 2.06 bits per heavy atom. The highest BCUT2D eigenvalue weighted by molar-refractivity contribution is 5.76. The molecule has 108 valence electrons. The Labute approximate surface area is 113 Å². The van der Waals surface area contributed by atoms with Crippen LogP contribution in [-0.4, -0.2) is 12.6 Å². The maximum absolute atomic E-state index is 12.1. The Hall–Kier alpha value is -0.530. The summed E-state index contributed by atoms with van der Waals surface area (Å²) in [7, 11) is 0. The average molecular weight is 256 g/mol. The van der Waals surface area contributed by atoms with Crippen molar-refractivity contribution in [1.29, 1.82) is 0 Å². The van der Waals surface area contributed by atoms with Gasteiger partial charge in [-0.15, -0.1) is 0 Å². The summed E-state index contributed by atoms with van der Waals surface area (Å²) < 4.78 is 5.23. The van der Waals surface area contributed by atoms with Crippen molar-refractivity contribution in [3.8, 4) is 0 Å². The van der Waals surface area contributed by atoms with E-state index in [-0.39, 0.29) is 11.4 Å². The van der Waals surface area contributed by atoms with Gasteiger partial charge in [0.25, 0.3) is 0 Å². The van der Waals surface area contributed by atoms with E-state index in [1.807, 2.05) is 6.92 Å². The van der Waals surface area contributed by atoms with Crippen molar-refractivity contribution in [1.82, 2.24) is 0 Å². The fraction of sp³-hybridized carbons (Fsp3) is 0.938. The molecule has 0 bridgehead atoms. The minimum Gasteiger partial charge on any atom is -0.466 e. The van der Waals surface area contributed by atoms with Gasteiger partial charge in [0.05, 0.1) is 12.0 Å². The summed E-state index contributed by atoms with van der Waals surface area (Å²) >= 11 is 0. The van der Waals surface area contributed by atoms with Crippen LogP contribution in [-0.2, 0) is 9.53 Å². The zero-order valence-corrected chi connectivity index (χ0v) is 13.1. The second-order valence-corrected chi connectivity index (χ2v) is 5.78. The van der Waals surface area contributed by atoms with Crippen molar-refractivity contribution in [2.75, 3.05) is 6.61 Å². The Morgan fingerprint density at radius 2 is 1.56 bits per heavy atom. The minimum atomic E-state index is -0.334. The zero-order valence-electron chi connectivity index (χ0n) is 13.1. The number of carbonyl (C=O) groups excluding carboxylic acids is 1. The highest BCUT2D eigenvalue weighted by Gasteiger charge is 2.37. The number of rotatable bonds is 10. The topological polar surface area (TPSA) is 26.3 Å². The smallest absolute Gasteiger partial charge is 0.311 e. The van der Waals surface area contributed by atoms with Gasteiger partial charge in [-0.3, -0.25) is 4.79 Å². The van der Waals surface area contributed by atoms with Crippen molar-refractivity contribution < 1.29 is 9.53 Å². The Bertz CT molecular complexity index is 221. The van der Waals surface area contributed by atoms with Crippen molar-refractivity contribution in [2.24, 2.45) is 11.3 Å². The molecule has 2 heteroatoms. The molecule has 0 saturated heterocycles. The van der Waals surface area contributed by atoms with Gasteiger partial charge in [-0.2, -0.15) is 0 Å². The molecule has 0 aliphatic carbocycles. The number of hydrogen-bond acceptors (Lipinski definition) is 2. The van der Waals surface area contributed by atoms with Crippen molar-refractivity contribution in [2.45, 2.75) is 79.6 Å². The van der Waals surface area contributed by atoms with E-state index in [4.69, 9.17) is 4.74 Å². The normalized spacial score (nSPS) is 13.4. The van der Waals surface area contributed by atoms with Crippen LogP contribution in [0.5, 0.6) is 0 Å². The molecule has 0 N–H and O–H groups in total. The molecule has 2 nitrogen and oxygen atoms in total. The summed E-state index contributed by atoms with van der Waals surface area (Å²) in [5.74, 6) is 0.436. The number of carbonyl (C=O) groups is 1. The van der Waals surface area contributed by atoms with Gasteiger partial charge in [0, 0.05) is 0 Å². The third-order valence-electron chi connectivity index (χ3n) is 3.88. The molecule has 0 saturated carbocycles. The number of hydrogen-bond donors (Lipinski definition) is 0. The predicted molar refractivity (Wildman–Crippen MR) is 77.6 cm³/mol. The molecular formula is C16H32O2. The van der Waals surface area contributed by atoms with Gasteiger partial charge < -0.3 is 4.74 Å². The number of ether oxygens (including phenoxy) is 1. The summed E-state index contributed by atoms with van der Waals surface area (Å²) in [5, 5.41) is 0. The summed E-state index contributed by atoms with van der Waals surface area (Å²) in [6.07, 6.45) is 8.43. The van der Waals surface area contributed by atoms with Gasteiger partial charge in [0.15, 0.2) is 0 Å². The van der Waals surface area contributed by atoms with E-state index in [1.165, 1.54) is 32.1 Å². The molecule has 0 aromatic rings. The average Bonchev–Trinajstić information content (AvgIpc) is 2.33. The van der Waals surface area contributed by atoms with E-state index < -0.39 is 0 Å². The van der Waals surface area contributed by atoms with E-state index in [9.17, 15) is 4.79 Å². The standard InChI is InChI=1S/C16H32O2/c1-6-9-11-13-14(12-10-7-2)16(4,5)15(17)18-8-3/h14H,6-13H2,1-5H3. The minimum absolute atomic E-state index is 0.0254. The Morgan fingerprint density at radius 1 is 1.00 bits per heavy atom. The largest absolute Gasteiger partial charge is 0.466 e. The lowest BCUT2D eigenvalue weighted by atomic mass is 9.73. The monoisotopic (exact) mass is 256 g/mol. The van der Waals surface area contributed by atoms with Gasteiger partial charge in [0.1, 0.15) is 0 Å². The second kappa shape index (κ2) is 9.41. The lowest BCUT2D eigenvalue weighted by Gasteiger charge is -2.32. The molecule has 0 radical (unpaired) electrons. The molecule has 0 aliphatic heterocycles. The molecule has 1 unspecified atom stereocenters. The van der Waals surface area contributed by atoms with E-state index in [0.717, 1.165) is 12.8 Å². The van der Waals surface area contributed by atoms with Crippen LogP contribution in [0.25, 0.3) is 0 Å². The summed E-state index contributed by atoms with van der Waals surface area (Å²) in [4.78, 5) is 12.1. The van der Waals surface area contributed by atoms with Crippen molar-refractivity contribution in [3.63, 3.8) is 0 Å². The molecule has 0 amide bonds. The van der Waals surface area contributed by atoms with Crippen LogP contribution in [0.2, 0.25) is 0 Å². The highest BCUT2D eigenvalue weighted by atomic mass is 16.5. The van der Waals surface area contributed by atoms with Crippen LogP contribution in [0, 0.1) is 11.3 Å². The van der Waals surface area contributed by atoms with Gasteiger partial charge in [0.2, 0.25) is 0 Å². The lowest BCUT2D eigenvalue weighted by molar-refractivity contribution is -0.157. The molecule has 0 aromatic heterocycles. The fourth-order valence-corrected chi connectivity index (χ4v) is 2.44. The first-order valence-electron chi connectivity index (χ1n) is 7.67. The van der Waals surface area contributed by atoms with Crippen LogP contribution < -0.4 is 0 Å². The van der Waals surface area contributed by atoms with E-state index in [2.05, 4.69) is 27.7 Å². The van der Waals surface area contributed by atoms with Gasteiger partial charge in [-0.25, -0.2) is 0 Å². The quantitative estimate of drug-likeness (QED) is 0.408. The maximum Gasteiger partial charge on any atom is 0.311 e. The first-order valence-corrected chi connectivity index (χ1v) is 7.67. The molecule has 18 heavy (non-hydrogen) atoms. The summed E-state index contributed by atoms with van der Waals surface area (Å²) in [5.41, 5.74) is -0.334. The second-order valence-electron chi connectivity index (χ2n) is 5.78. The molecule has 0 aromatic carbocycles. The van der Waals surface area contributed by atoms with Crippen molar-refractivity contribution in [3.05, 3.63) is 0 Å². The number of unbranched alkanes of at least 4 members (excludes halogenated alkanes) is 3. The fourth-order valence-electron chi connectivity index (χ4n) is 2.44. The van der Waals surface area contributed by atoms with Crippen LogP contribution in [0.15, 0.2) is 0 Å². The summed E-state index contributed by atoms with van der Waals surface area (Å²) in [6, 6.07) is 0. The molecule has 0 aliphatic rings. The van der Waals surface area contributed by atoms with Crippen LogP contribution >= 0.6 is 0 Å². The van der Waals surface area contributed by atoms with Gasteiger partial charge >= 0.3 is 5.97 Å². The highest BCUT2D eigenvalue weighted by Crippen LogP contribution is 2.36. The molecule has 0 spiro atoms. The van der Waals surface area contributed by atoms with E-state index in [1.54, 1.807) is 0 Å². The van der Waals surface area contributed by atoms with E-state index >= 15 is 0 Å². The molecule has 1 atom stereocenters. The van der Waals surface area contributed by atoms with Crippen molar-refractivity contribution >= 4 is 5.97 Å². The molecule has 0 fully saturated rings. The van der Waals surface area contributed by atoms with Crippen LogP contribution in [0.4, 0.5) is 0 Å². The van der Waals surface area contributed by atoms with Gasteiger partial charge in [-0.05, 0) is 39.5 Å². The van der Waals surface area contributed by atoms with Crippen LogP contribution in [0.1, 0.15) is 79.6 Å². The predicted octanol–water partition coefficient (Wildman–Crippen LogP) is 4.96. The van der Waals surface area contributed by atoms with E-state index in [0.29, 0.717) is 12.5 Å². The molecule has 0 heterocycles. The zero-order chi connectivity index (χ0) is 14.0. The lowest BCUT2D eigenvalue weighted by Crippen LogP contribution is -2.34. The Kier molecular flexibility index (Phi) is 9.13. The number of esters is 1. The first kappa shape index (κ1) is 17.5. The Balaban J connectivity index is 4.52. The molecular weight excluding hydrogens is 224 g/mol.